The molecule has 2 rings (SSSR count). The zero-order valence-electron chi connectivity index (χ0n) is 9.76. The number of aromatic nitrogens is 2. The Morgan fingerprint density at radius 1 is 1.56 bits per heavy atom. The number of hydrogen-bond acceptors (Lipinski definition) is 4. The molecule has 1 unspecified atom stereocenters. The molecule has 0 radical (unpaired) electrons. The van der Waals surface area contributed by atoms with Gasteiger partial charge in [0, 0.05) is 31.8 Å². The zero-order chi connectivity index (χ0) is 13.0. The molecule has 1 atom stereocenters. The van der Waals surface area contributed by atoms with E-state index >= 15 is 0 Å². The van der Waals surface area contributed by atoms with E-state index in [2.05, 4.69) is 15.7 Å². The molecule has 1 aliphatic rings. The largest absolute Gasteiger partial charge is 0.344 e. The second-order valence-electron chi connectivity index (χ2n) is 4.09. The van der Waals surface area contributed by atoms with Crippen LogP contribution < -0.4 is 10.6 Å². The number of hydrogen-bond donors (Lipinski definition) is 2. The number of nitrogens with one attached hydrogen (secondary N) is 2. The van der Waals surface area contributed by atoms with Crippen LogP contribution in [0.1, 0.15) is 19.3 Å². The number of aryl methyl sites for hydroxylation is 1. The van der Waals surface area contributed by atoms with Gasteiger partial charge in [0.1, 0.15) is 6.04 Å². The number of carbonyl (C=O) groups excluding carboxylic acids is 3. The first kappa shape index (κ1) is 12.3. The summed E-state index contributed by atoms with van der Waals surface area (Å²) in [7, 11) is 0. The van der Waals surface area contributed by atoms with Gasteiger partial charge in [-0.1, -0.05) is 0 Å². The van der Waals surface area contributed by atoms with E-state index < -0.39 is 11.9 Å². The van der Waals surface area contributed by atoms with Crippen molar-refractivity contribution in [3.05, 3.63) is 18.5 Å². The van der Waals surface area contributed by atoms with Crippen LogP contribution in [-0.2, 0) is 20.9 Å². The summed E-state index contributed by atoms with van der Waals surface area (Å²) in [5.74, 6) is -0.944. The van der Waals surface area contributed by atoms with Crippen molar-refractivity contribution in [3.8, 4) is 0 Å². The van der Waals surface area contributed by atoms with Crippen molar-refractivity contribution in [2.45, 2.75) is 31.8 Å². The first-order valence-electron chi connectivity index (χ1n) is 5.75. The number of rotatable bonds is 4. The fourth-order valence-electron chi connectivity index (χ4n) is 1.75. The summed E-state index contributed by atoms with van der Waals surface area (Å²) in [6.07, 6.45) is 4.27. The highest BCUT2D eigenvalue weighted by atomic mass is 16.2. The Labute approximate surface area is 104 Å². The van der Waals surface area contributed by atoms with Gasteiger partial charge in [-0.15, -0.1) is 0 Å². The summed E-state index contributed by atoms with van der Waals surface area (Å²) in [5, 5.41) is 8.77. The molecule has 1 aliphatic heterocycles. The van der Waals surface area contributed by atoms with Gasteiger partial charge in [0.2, 0.25) is 17.7 Å². The van der Waals surface area contributed by atoms with Gasteiger partial charge in [-0.25, -0.2) is 0 Å². The predicted molar refractivity (Wildman–Crippen MR) is 61.2 cm³/mol. The minimum atomic E-state index is -0.604. The molecule has 7 nitrogen and oxygen atoms in total. The Kier molecular flexibility index (Phi) is 3.71. The molecule has 0 bridgehead atoms. The molecule has 1 aromatic rings. The molecule has 18 heavy (non-hydrogen) atoms. The Balaban J connectivity index is 1.77. The number of amides is 3. The third-order valence-electron chi connectivity index (χ3n) is 2.70. The molecule has 0 saturated carbocycles. The highest BCUT2D eigenvalue weighted by Gasteiger charge is 2.27. The average molecular weight is 250 g/mol. The zero-order valence-corrected chi connectivity index (χ0v) is 9.76. The SMILES string of the molecule is O=C1CCC(NC(=O)CCn2cccn2)C(=O)N1. The van der Waals surface area contributed by atoms with Gasteiger partial charge >= 0.3 is 0 Å². The molecular weight excluding hydrogens is 236 g/mol. The predicted octanol–water partition coefficient (Wildman–Crippen LogP) is -0.805. The molecule has 2 N–H and O–H groups in total. The normalized spacial score (nSPS) is 19.4. The minimum absolute atomic E-state index is 0.222. The van der Waals surface area contributed by atoms with Crippen LogP contribution in [0.3, 0.4) is 0 Å². The van der Waals surface area contributed by atoms with Crippen LogP contribution in [0, 0.1) is 0 Å². The Morgan fingerprint density at radius 2 is 2.39 bits per heavy atom. The molecule has 1 aromatic heterocycles. The smallest absolute Gasteiger partial charge is 0.249 e. The van der Waals surface area contributed by atoms with E-state index in [1.807, 2.05) is 0 Å². The maximum absolute atomic E-state index is 11.6. The van der Waals surface area contributed by atoms with Crippen molar-refractivity contribution in [3.63, 3.8) is 0 Å². The van der Waals surface area contributed by atoms with Crippen LogP contribution in [0.4, 0.5) is 0 Å². The molecule has 3 amide bonds. The number of carbonyl (C=O) groups is 3. The molecule has 7 heteroatoms. The fraction of sp³-hybridized carbons (Fsp3) is 0.455. The highest BCUT2D eigenvalue weighted by Crippen LogP contribution is 2.04. The van der Waals surface area contributed by atoms with Gasteiger partial charge in [-0.2, -0.15) is 5.10 Å². The second-order valence-corrected chi connectivity index (χ2v) is 4.09. The lowest BCUT2D eigenvalue weighted by Gasteiger charge is -2.21. The summed E-state index contributed by atoms with van der Waals surface area (Å²) in [4.78, 5) is 34.0. The second kappa shape index (κ2) is 5.44. The number of imide groups is 1. The van der Waals surface area contributed by atoms with E-state index in [4.69, 9.17) is 0 Å². The summed E-state index contributed by atoms with van der Waals surface area (Å²) in [5.41, 5.74) is 0. The molecular formula is C11H14N4O3. The van der Waals surface area contributed by atoms with Crippen LogP contribution in [0.5, 0.6) is 0 Å². The van der Waals surface area contributed by atoms with Gasteiger partial charge in [0.15, 0.2) is 0 Å². The van der Waals surface area contributed by atoms with Crippen molar-refractivity contribution < 1.29 is 14.4 Å². The molecule has 96 valence electrons. The average Bonchev–Trinajstić information content (AvgIpc) is 2.83. The summed E-state index contributed by atoms with van der Waals surface area (Å²) < 4.78 is 1.64. The lowest BCUT2D eigenvalue weighted by Crippen LogP contribution is -2.52. The van der Waals surface area contributed by atoms with E-state index in [1.165, 1.54) is 0 Å². The first-order valence-corrected chi connectivity index (χ1v) is 5.75. The van der Waals surface area contributed by atoms with Gasteiger partial charge in [-0.3, -0.25) is 24.4 Å². The molecule has 0 aromatic carbocycles. The van der Waals surface area contributed by atoms with Crippen molar-refractivity contribution >= 4 is 17.7 Å². The Bertz CT molecular complexity index is 455. The Hall–Kier alpha value is -2.18. The molecule has 0 spiro atoms. The van der Waals surface area contributed by atoms with E-state index in [9.17, 15) is 14.4 Å². The highest BCUT2D eigenvalue weighted by molar-refractivity contribution is 6.01. The quantitative estimate of drug-likeness (QED) is 0.684. The Morgan fingerprint density at radius 3 is 3.06 bits per heavy atom. The molecule has 0 aliphatic carbocycles. The van der Waals surface area contributed by atoms with Crippen LogP contribution in [0.25, 0.3) is 0 Å². The number of piperidine rings is 1. The van der Waals surface area contributed by atoms with Crippen LogP contribution >= 0.6 is 0 Å². The first-order chi connectivity index (χ1) is 8.65. The molecule has 2 heterocycles. The van der Waals surface area contributed by atoms with Crippen molar-refractivity contribution in [1.82, 2.24) is 20.4 Å². The maximum Gasteiger partial charge on any atom is 0.249 e. The van der Waals surface area contributed by atoms with Crippen molar-refractivity contribution in [2.75, 3.05) is 0 Å². The summed E-state index contributed by atoms with van der Waals surface area (Å²) in [6.45, 7) is 0.464. The van der Waals surface area contributed by atoms with Gasteiger partial charge in [0.05, 0.1) is 0 Å². The summed E-state index contributed by atoms with van der Waals surface area (Å²) in [6, 6.07) is 1.17. The van der Waals surface area contributed by atoms with Crippen molar-refractivity contribution in [1.29, 1.82) is 0 Å². The van der Waals surface area contributed by atoms with Gasteiger partial charge in [0.25, 0.3) is 0 Å². The topological polar surface area (TPSA) is 93.1 Å². The lowest BCUT2D eigenvalue weighted by atomic mass is 10.1. The van der Waals surface area contributed by atoms with E-state index in [-0.39, 0.29) is 24.7 Å². The van der Waals surface area contributed by atoms with Crippen molar-refractivity contribution in [2.24, 2.45) is 0 Å². The monoisotopic (exact) mass is 250 g/mol. The molecule has 1 fully saturated rings. The van der Waals surface area contributed by atoms with E-state index in [1.54, 1.807) is 23.1 Å². The third-order valence-corrected chi connectivity index (χ3v) is 2.70. The van der Waals surface area contributed by atoms with Crippen LogP contribution in [0.15, 0.2) is 18.5 Å². The maximum atomic E-state index is 11.6. The molecule has 1 saturated heterocycles. The van der Waals surface area contributed by atoms with Gasteiger partial charge in [-0.05, 0) is 12.5 Å². The number of nitrogens with zero attached hydrogens (tertiary/aromatic N) is 2. The fourth-order valence-corrected chi connectivity index (χ4v) is 1.75. The lowest BCUT2D eigenvalue weighted by molar-refractivity contribution is -0.137. The van der Waals surface area contributed by atoms with Crippen LogP contribution in [-0.4, -0.2) is 33.5 Å². The van der Waals surface area contributed by atoms with E-state index in [0.717, 1.165) is 0 Å². The van der Waals surface area contributed by atoms with E-state index in [0.29, 0.717) is 13.0 Å². The van der Waals surface area contributed by atoms with Crippen LogP contribution in [0.2, 0.25) is 0 Å². The third kappa shape index (κ3) is 3.16. The van der Waals surface area contributed by atoms with Gasteiger partial charge < -0.3 is 5.32 Å². The summed E-state index contributed by atoms with van der Waals surface area (Å²) >= 11 is 0. The minimum Gasteiger partial charge on any atom is -0.344 e. The standard InChI is InChI=1S/C11H14N4O3/c16-9-3-2-8(11(18)14-9)13-10(17)4-7-15-6-1-5-12-15/h1,5-6,8H,2-4,7H2,(H,13,17)(H,14,16,18).